The summed E-state index contributed by atoms with van der Waals surface area (Å²) in [6.07, 6.45) is 9.92. The molecule has 0 amide bonds. The molecular weight excluding hydrogens is 172 g/mol. The Morgan fingerprint density at radius 3 is 2.21 bits per heavy atom. The maximum atomic E-state index is 5.93. The number of likely N-dealkylation sites (N-methyl/N-ethyl adjacent to an activating group) is 1. The Bertz CT molecular complexity index is 171. The highest BCUT2D eigenvalue weighted by atomic mass is 15.2. The lowest BCUT2D eigenvalue weighted by Crippen LogP contribution is -2.50. The standard InChI is InChI=1S/C12H24N2/c1-14(11-7-4-8-11)12(9-13)10-5-2-3-6-10/h10-12H,2-9,13H2,1H3. The Balaban J connectivity index is 1.89. The molecule has 2 aliphatic rings. The van der Waals surface area contributed by atoms with E-state index in [-0.39, 0.29) is 0 Å². The van der Waals surface area contributed by atoms with Gasteiger partial charge in [0.15, 0.2) is 0 Å². The highest BCUT2D eigenvalue weighted by molar-refractivity contribution is 4.88. The average molecular weight is 196 g/mol. The van der Waals surface area contributed by atoms with Gasteiger partial charge in [-0.2, -0.15) is 0 Å². The van der Waals surface area contributed by atoms with Crippen LogP contribution in [-0.4, -0.2) is 30.6 Å². The monoisotopic (exact) mass is 196 g/mol. The molecule has 2 rings (SSSR count). The number of nitrogens with zero attached hydrogens (tertiary/aromatic N) is 1. The van der Waals surface area contributed by atoms with Crippen LogP contribution in [-0.2, 0) is 0 Å². The number of hydrogen-bond donors (Lipinski definition) is 1. The number of nitrogens with two attached hydrogens (primary N) is 1. The van der Waals surface area contributed by atoms with E-state index in [0.29, 0.717) is 6.04 Å². The second-order valence-corrected chi connectivity index (χ2v) is 5.10. The zero-order chi connectivity index (χ0) is 9.97. The average Bonchev–Trinajstić information content (AvgIpc) is 2.55. The molecule has 0 aromatic heterocycles. The molecule has 14 heavy (non-hydrogen) atoms. The van der Waals surface area contributed by atoms with Gasteiger partial charge >= 0.3 is 0 Å². The molecular formula is C12H24N2. The Morgan fingerprint density at radius 2 is 1.79 bits per heavy atom. The van der Waals surface area contributed by atoms with Crippen LogP contribution in [0.5, 0.6) is 0 Å². The third kappa shape index (κ3) is 1.96. The van der Waals surface area contributed by atoms with Gasteiger partial charge in [-0.3, -0.25) is 4.90 Å². The van der Waals surface area contributed by atoms with Crippen molar-refractivity contribution >= 4 is 0 Å². The molecule has 2 N–H and O–H groups in total. The first-order chi connectivity index (χ1) is 6.83. The molecule has 2 heteroatoms. The smallest absolute Gasteiger partial charge is 0.0246 e. The summed E-state index contributed by atoms with van der Waals surface area (Å²) in [4.78, 5) is 2.58. The van der Waals surface area contributed by atoms with Crippen molar-refractivity contribution in [2.75, 3.05) is 13.6 Å². The van der Waals surface area contributed by atoms with Gasteiger partial charge in [0.1, 0.15) is 0 Å². The molecule has 2 saturated carbocycles. The molecule has 82 valence electrons. The first-order valence-corrected chi connectivity index (χ1v) is 6.25. The zero-order valence-electron chi connectivity index (χ0n) is 9.41. The second-order valence-electron chi connectivity index (χ2n) is 5.10. The van der Waals surface area contributed by atoms with Gasteiger partial charge in [0.25, 0.3) is 0 Å². The predicted molar refractivity (Wildman–Crippen MR) is 60.2 cm³/mol. The van der Waals surface area contributed by atoms with Crippen LogP contribution in [0.3, 0.4) is 0 Å². The lowest BCUT2D eigenvalue weighted by Gasteiger charge is -2.42. The van der Waals surface area contributed by atoms with E-state index in [1.165, 1.54) is 44.9 Å². The first-order valence-electron chi connectivity index (χ1n) is 6.25. The fourth-order valence-corrected chi connectivity index (χ4v) is 3.10. The predicted octanol–water partition coefficient (Wildman–Crippen LogP) is 1.99. The lowest BCUT2D eigenvalue weighted by atomic mass is 9.88. The van der Waals surface area contributed by atoms with Crippen LogP contribution < -0.4 is 5.73 Å². The highest BCUT2D eigenvalue weighted by Crippen LogP contribution is 2.33. The Kier molecular flexibility index (Phi) is 3.45. The van der Waals surface area contributed by atoms with E-state index >= 15 is 0 Å². The van der Waals surface area contributed by atoms with Crippen LogP contribution >= 0.6 is 0 Å². The maximum Gasteiger partial charge on any atom is 0.0246 e. The van der Waals surface area contributed by atoms with Crippen LogP contribution in [0.15, 0.2) is 0 Å². The minimum Gasteiger partial charge on any atom is -0.329 e. The molecule has 0 spiro atoms. The molecule has 0 aromatic rings. The lowest BCUT2D eigenvalue weighted by molar-refractivity contribution is 0.0813. The number of rotatable bonds is 4. The van der Waals surface area contributed by atoms with Crippen LogP contribution in [0, 0.1) is 5.92 Å². The van der Waals surface area contributed by atoms with Gasteiger partial charge in [0.2, 0.25) is 0 Å². The highest BCUT2D eigenvalue weighted by Gasteiger charge is 2.32. The summed E-state index contributed by atoms with van der Waals surface area (Å²) in [6, 6.07) is 1.52. The second kappa shape index (κ2) is 4.63. The summed E-state index contributed by atoms with van der Waals surface area (Å²) in [5.41, 5.74) is 5.93. The van der Waals surface area contributed by atoms with E-state index < -0.39 is 0 Å². The molecule has 0 heterocycles. The van der Waals surface area contributed by atoms with Crippen molar-refractivity contribution in [2.45, 2.75) is 57.0 Å². The minimum absolute atomic E-state index is 0.669. The van der Waals surface area contributed by atoms with Crippen LogP contribution in [0.2, 0.25) is 0 Å². The zero-order valence-corrected chi connectivity index (χ0v) is 9.41. The molecule has 2 fully saturated rings. The summed E-state index contributed by atoms with van der Waals surface area (Å²) in [7, 11) is 2.29. The molecule has 2 nitrogen and oxygen atoms in total. The fourth-order valence-electron chi connectivity index (χ4n) is 3.10. The molecule has 0 aromatic carbocycles. The van der Waals surface area contributed by atoms with Gasteiger partial charge in [-0.15, -0.1) is 0 Å². The molecule has 1 unspecified atom stereocenters. The van der Waals surface area contributed by atoms with Gasteiger partial charge in [0, 0.05) is 18.6 Å². The van der Waals surface area contributed by atoms with E-state index in [2.05, 4.69) is 11.9 Å². The van der Waals surface area contributed by atoms with Gasteiger partial charge < -0.3 is 5.73 Å². The van der Waals surface area contributed by atoms with Crippen molar-refractivity contribution in [3.05, 3.63) is 0 Å². The van der Waals surface area contributed by atoms with E-state index in [1.807, 2.05) is 0 Å². The Hall–Kier alpha value is -0.0800. The van der Waals surface area contributed by atoms with Gasteiger partial charge in [0.05, 0.1) is 0 Å². The molecule has 0 radical (unpaired) electrons. The third-order valence-corrected chi connectivity index (χ3v) is 4.36. The van der Waals surface area contributed by atoms with Gasteiger partial charge in [-0.25, -0.2) is 0 Å². The van der Waals surface area contributed by atoms with Crippen molar-refractivity contribution in [1.29, 1.82) is 0 Å². The SMILES string of the molecule is CN(C1CCC1)C(CN)C1CCCC1. The normalized spacial score (nSPS) is 26.8. The summed E-state index contributed by atoms with van der Waals surface area (Å²) >= 11 is 0. The van der Waals surface area contributed by atoms with Crippen molar-refractivity contribution in [1.82, 2.24) is 4.90 Å². The molecule has 2 aliphatic carbocycles. The number of hydrogen-bond acceptors (Lipinski definition) is 2. The van der Waals surface area contributed by atoms with Gasteiger partial charge in [-0.05, 0) is 38.6 Å². The van der Waals surface area contributed by atoms with E-state index in [1.54, 1.807) is 0 Å². The summed E-state index contributed by atoms with van der Waals surface area (Å²) in [5, 5.41) is 0. The third-order valence-electron chi connectivity index (χ3n) is 4.36. The molecule has 0 saturated heterocycles. The largest absolute Gasteiger partial charge is 0.329 e. The topological polar surface area (TPSA) is 29.3 Å². The quantitative estimate of drug-likeness (QED) is 0.745. The fraction of sp³-hybridized carbons (Fsp3) is 1.00. The summed E-state index contributed by atoms with van der Waals surface area (Å²) in [6.45, 7) is 0.859. The first kappa shape index (κ1) is 10.4. The molecule has 0 aliphatic heterocycles. The maximum absolute atomic E-state index is 5.93. The molecule has 1 atom stereocenters. The van der Waals surface area contributed by atoms with E-state index in [9.17, 15) is 0 Å². The van der Waals surface area contributed by atoms with Crippen molar-refractivity contribution in [3.63, 3.8) is 0 Å². The Labute approximate surface area is 87.8 Å². The summed E-state index contributed by atoms with van der Waals surface area (Å²) < 4.78 is 0. The van der Waals surface area contributed by atoms with Crippen molar-refractivity contribution in [3.8, 4) is 0 Å². The van der Waals surface area contributed by atoms with Crippen molar-refractivity contribution in [2.24, 2.45) is 11.7 Å². The van der Waals surface area contributed by atoms with Crippen molar-refractivity contribution < 1.29 is 0 Å². The van der Waals surface area contributed by atoms with Crippen LogP contribution in [0.1, 0.15) is 44.9 Å². The summed E-state index contributed by atoms with van der Waals surface area (Å²) in [5.74, 6) is 0.894. The van der Waals surface area contributed by atoms with E-state index in [0.717, 1.165) is 18.5 Å². The van der Waals surface area contributed by atoms with Gasteiger partial charge in [-0.1, -0.05) is 19.3 Å². The van der Waals surface area contributed by atoms with E-state index in [4.69, 9.17) is 5.73 Å². The van der Waals surface area contributed by atoms with Crippen LogP contribution in [0.4, 0.5) is 0 Å². The minimum atomic E-state index is 0.669. The molecule has 0 bridgehead atoms. The van der Waals surface area contributed by atoms with Crippen LogP contribution in [0.25, 0.3) is 0 Å². The Morgan fingerprint density at radius 1 is 1.14 bits per heavy atom.